The second-order valence-electron chi connectivity index (χ2n) is 6.02. The topological polar surface area (TPSA) is 66.0 Å². The number of nitrogens with one attached hydrogen (secondary N) is 1. The molecule has 0 aliphatic heterocycles. The zero-order valence-corrected chi connectivity index (χ0v) is 20.1. The number of hydrogen-bond donors (Lipinski definition) is 1. The zero-order valence-electron chi connectivity index (χ0n) is 20.1. The maximum atomic E-state index is 10.7. The van der Waals surface area contributed by atoms with E-state index in [1.54, 1.807) is 0 Å². The minimum absolute atomic E-state index is 0.0562. The predicted octanol–water partition coefficient (Wildman–Crippen LogP) is 5.36. The van der Waals surface area contributed by atoms with E-state index in [2.05, 4.69) is 5.32 Å². The summed E-state index contributed by atoms with van der Waals surface area (Å²) < 4.78 is 21.9. The number of Topliss-reactive ketones (excluding diaryl/α,β-unsaturated/α-hetero) is 1. The third-order valence-electron chi connectivity index (χ3n) is 3.55. The van der Waals surface area contributed by atoms with Gasteiger partial charge in [0.15, 0.2) is 5.78 Å². The lowest BCUT2D eigenvalue weighted by Crippen LogP contribution is -2.08. The summed E-state index contributed by atoms with van der Waals surface area (Å²) >= 11 is 0. The highest BCUT2D eigenvalue weighted by Crippen LogP contribution is 2.15. The van der Waals surface area contributed by atoms with E-state index >= 15 is 0 Å². The molecular weight excluding hydrogens is 382 g/mol. The highest BCUT2D eigenvalue weighted by molar-refractivity contribution is 5.76. The summed E-state index contributed by atoms with van der Waals surface area (Å²) in [6, 6.07) is 7.91. The average molecular weight is 428 g/mol. The van der Waals surface area contributed by atoms with Crippen molar-refractivity contribution in [2.24, 2.45) is 0 Å². The Kier molecular flexibility index (Phi) is 25.9. The minimum atomic E-state index is 0.0562. The van der Waals surface area contributed by atoms with Gasteiger partial charge in [-0.3, -0.25) is 4.79 Å². The summed E-state index contributed by atoms with van der Waals surface area (Å²) in [5, 5.41) is 3.08. The van der Waals surface area contributed by atoms with Crippen LogP contribution in [0.5, 0.6) is 5.75 Å². The Morgan fingerprint density at radius 1 is 0.733 bits per heavy atom. The fraction of sp³-hybridized carbons (Fsp3) is 0.708. The lowest BCUT2D eigenvalue weighted by Gasteiger charge is -2.08. The largest absolute Gasteiger partial charge is 0.494 e. The average Bonchev–Trinajstić information content (AvgIpc) is 2.79. The number of anilines is 1. The number of ether oxygens (including phenoxy) is 4. The van der Waals surface area contributed by atoms with Gasteiger partial charge >= 0.3 is 0 Å². The molecule has 1 aromatic carbocycles. The molecule has 1 N–H and O–H groups in total. The quantitative estimate of drug-likeness (QED) is 0.338. The number of rotatable bonds is 17. The fourth-order valence-corrected chi connectivity index (χ4v) is 2.16. The van der Waals surface area contributed by atoms with E-state index in [-0.39, 0.29) is 12.4 Å². The third-order valence-corrected chi connectivity index (χ3v) is 3.55. The summed E-state index contributed by atoms with van der Waals surface area (Å²) in [6.07, 6.45) is 3.68. The molecule has 0 atom stereocenters. The Hall–Kier alpha value is -1.63. The molecule has 0 heterocycles. The maximum Gasteiger partial charge on any atom is 0.155 e. The van der Waals surface area contributed by atoms with Gasteiger partial charge in [0.25, 0.3) is 0 Å². The fourth-order valence-electron chi connectivity index (χ4n) is 2.16. The van der Waals surface area contributed by atoms with Gasteiger partial charge < -0.3 is 24.3 Å². The maximum absolute atomic E-state index is 10.7. The van der Waals surface area contributed by atoms with Gasteiger partial charge in [0.1, 0.15) is 12.4 Å². The molecule has 0 radical (unpaired) electrons. The summed E-state index contributed by atoms with van der Waals surface area (Å²) in [6.45, 7) is 13.8. The van der Waals surface area contributed by atoms with Crippen molar-refractivity contribution >= 4 is 11.5 Å². The first-order valence-corrected chi connectivity index (χ1v) is 11.4. The molecule has 0 spiro atoms. The van der Waals surface area contributed by atoms with Gasteiger partial charge in [0.2, 0.25) is 0 Å². The lowest BCUT2D eigenvalue weighted by molar-refractivity contribution is -0.121. The molecule has 0 amide bonds. The van der Waals surface area contributed by atoms with Crippen molar-refractivity contribution in [1.29, 1.82) is 0 Å². The van der Waals surface area contributed by atoms with Crippen LogP contribution in [0.4, 0.5) is 5.69 Å². The van der Waals surface area contributed by atoms with Crippen LogP contribution in [0.3, 0.4) is 0 Å². The monoisotopic (exact) mass is 427 g/mol. The number of carbonyl (C=O) groups excluding carboxylic acids is 1. The van der Waals surface area contributed by atoms with Crippen LogP contribution in [0.2, 0.25) is 0 Å². The molecular formula is C24H45NO5. The highest BCUT2D eigenvalue weighted by Gasteiger charge is 1.96. The van der Waals surface area contributed by atoms with Gasteiger partial charge in [-0.1, -0.05) is 27.7 Å². The van der Waals surface area contributed by atoms with Crippen LogP contribution in [0.25, 0.3) is 0 Å². The van der Waals surface area contributed by atoms with Gasteiger partial charge in [0.05, 0.1) is 6.61 Å². The second-order valence-corrected chi connectivity index (χ2v) is 6.02. The lowest BCUT2D eigenvalue weighted by atomic mass is 10.3. The minimum Gasteiger partial charge on any atom is -0.494 e. The summed E-state index contributed by atoms with van der Waals surface area (Å²) in [5.41, 5.74) is 1.07. The van der Waals surface area contributed by atoms with Crippen molar-refractivity contribution in [3.05, 3.63) is 24.3 Å². The van der Waals surface area contributed by atoms with Crippen molar-refractivity contribution in [3.63, 3.8) is 0 Å². The van der Waals surface area contributed by atoms with Crippen LogP contribution in [0, 0.1) is 0 Å². The van der Waals surface area contributed by atoms with Crippen molar-refractivity contribution in [1.82, 2.24) is 0 Å². The van der Waals surface area contributed by atoms with Crippen LogP contribution >= 0.6 is 0 Å². The SMILES string of the molecule is CC.CC.CNc1ccc(OCCCOCCCCOCCCOCC(C)=O)cc1. The van der Waals surface area contributed by atoms with Crippen LogP contribution in [-0.4, -0.2) is 59.1 Å². The molecule has 176 valence electrons. The Morgan fingerprint density at radius 2 is 1.20 bits per heavy atom. The van der Waals surface area contributed by atoms with Crippen molar-refractivity contribution in [2.75, 3.05) is 58.6 Å². The van der Waals surface area contributed by atoms with Crippen LogP contribution in [0.1, 0.15) is 60.3 Å². The van der Waals surface area contributed by atoms with E-state index in [1.807, 2.05) is 59.0 Å². The van der Waals surface area contributed by atoms with E-state index < -0.39 is 0 Å². The smallest absolute Gasteiger partial charge is 0.155 e. The molecule has 30 heavy (non-hydrogen) atoms. The van der Waals surface area contributed by atoms with Gasteiger partial charge in [-0.05, 0) is 50.5 Å². The first kappa shape index (κ1) is 30.6. The molecule has 0 aliphatic rings. The Labute approximate surface area is 184 Å². The van der Waals surface area contributed by atoms with Gasteiger partial charge in [-0.15, -0.1) is 0 Å². The zero-order chi connectivity index (χ0) is 22.9. The number of ketones is 1. The van der Waals surface area contributed by atoms with Crippen molar-refractivity contribution in [2.45, 2.75) is 60.3 Å². The molecule has 0 unspecified atom stereocenters. The number of hydrogen-bond acceptors (Lipinski definition) is 6. The highest BCUT2D eigenvalue weighted by atomic mass is 16.5. The predicted molar refractivity (Wildman–Crippen MR) is 126 cm³/mol. The van der Waals surface area contributed by atoms with E-state index in [0.29, 0.717) is 26.4 Å². The number of benzene rings is 1. The van der Waals surface area contributed by atoms with Crippen LogP contribution in [0.15, 0.2) is 24.3 Å². The molecule has 0 fully saturated rings. The van der Waals surface area contributed by atoms with E-state index in [1.165, 1.54) is 6.92 Å². The molecule has 0 aliphatic carbocycles. The summed E-state index contributed by atoms with van der Waals surface area (Å²) in [4.78, 5) is 10.7. The second kappa shape index (κ2) is 25.4. The van der Waals surface area contributed by atoms with Crippen LogP contribution < -0.4 is 10.1 Å². The Morgan fingerprint density at radius 3 is 1.70 bits per heavy atom. The molecule has 0 bridgehead atoms. The van der Waals surface area contributed by atoms with Gasteiger partial charge in [0, 0.05) is 52.2 Å². The molecule has 1 rings (SSSR count). The van der Waals surface area contributed by atoms with E-state index in [9.17, 15) is 4.79 Å². The van der Waals surface area contributed by atoms with Crippen molar-refractivity contribution < 1.29 is 23.7 Å². The summed E-state index contributed by atoms with van der Waals surface area (Å²) in [7, 11) is 1.90. The molecule has 6 nitrogen and oxygen atoms in total. The van der Waals surface area contributed by atoms with E-state index in [0.717, 1.165) is 50.3 Å². The van der Waals surface area contributed by atoms with Crippen molar-refractivity contribution in [3.8, 4) is 5.75 Å². The Balaban J connectivity index is 0. The molecule has 6 heteroatoms. The molecule has 1 aromatic rings. The summed E-state index contributed by atoms with van der Waals surface area (Å²) in [5.74, 6) is 0.938. The number of unbranched alkanes of at least 4 members (excludes halogenated alkanes) is 1. The molecule has 0 saturated heterocycles. The third kappa shape index (κ3) is 21.1. The van der Waals surface area contributed by atoms with E-state index in [4.69, 9.17) is 18.9 Å². The molecule has 0 saturated carbocycles. The van der Waals surface area contributed by atoms with Crippen LogP contribution in [-0.2, 0) is 19.0 Å². The first-order chi connectivity index (χ1) is 14.7. The first-order valence-electron chi connectivity index (χ1n) is 11.4. The molecule has 0 aromatic heterocycles. The number of carbonyl (C=O) groups is 1. The standard InChI is InChI=1S/C20H33NO5.2C2H6/c1-18(22)17-25-15-5-13-23-11-3-4-12-24-14-6-16-26-20-9-7-19(21-2)8-10-20;2*1-2/h7-10,21H,3-6,11-17H2,1-2H3;2*1-2H3. The Bertz CT molecular complexity index is 465. The van der Waals surface area contributed by atoms with Gasteiger partial charge in [-0.2, -0.15) is 0 Å². The normalized spacial score (nSPS) is 9.67. The van der Waals surface area contributed by atoms with Gasteiger partial charge in [-0.25, -0.2) is 0 Å².